The molecule has 0 aliphatic rings. The molecule has 0 radical (unpaired) electrons. The summed E-state index contributed by atoms with van der Waals surface area (Å²) >= 11 is 3.21. The Morgan fingerprint density at radius 1 is 0.758 bits per heavy atom. The van der Waals surface area contributed by atoms with Crippen LogP contribution in [0.15, 0.2) is 108 Å². The quantitative estimate of drug-likeness (QED) is 0.223. The first-order valence-electron chi connectivity index (χ1n) is 10.4. The van der Waals surface area contributed by atoms with Gasteiger partial charge in [-0.25, -0.2) is 17.9 Å². The van der Waals surface area contributed by atoms with Crippen LogP contribution in [0, 0.1) is 5.82 Å². The molecule has 1 heterocycles. The summed E-state index contributed by atoms with van der Waals surface area (Å²) in [4.78, 5) is 0. The van der Waals surface area contributed by atoms with E-state index in [2.05, 4.69) is 21.0 Å². The van der Waals surface area contributed by atoms with Crippen LogP contribution in [0.25, 0.3) is 10.9 Å². The average molecular weight is 507 g/mol. The van der Waals surface area contributed by atoms with Crippen LogP contribution >= 0.6 is 15.9 Å². The van der Waals surface area contributed by atoms with E-state index in [0.717, 1.165) is 22.8 Å². The molecule has 6 heteroatoms. The van der Waals surface area contributed by atoms with Crippen molar-refractivity contribution in [1.29, 1.82) is 0 Å². The molecule has 164 valence electrons. The predicted octanol–water partition coefficient (Wildman–Crippen LogP) is 7.72. The molecule has 1 aromatic heterocycles. The zero-order valence-corrected chi connectivity index (χ0v) is 18.9. The van der Waals surface area contributed by atoms with Crippen LogP contribution in [0.5, 0.6) is 0 Å². The van der Waals surface area contributed by atoms with Crippen molar-refractivity contribution in [2.45, 2.75) is 12.0 Å². The monoisotopic (exact) mass is 506 g/mol. The third-order valence-electron chi connectivity index (χ3n) is 5.91. The molecule has 4 aromatic carbocycles. The van der Waals surface area contributed by atoms with Crippen molar-refractivity contribution in [1.82, 2.24) is 9.78 Å². The standard InChI is InChI=1S/C27H18BrF3N2/c28-25-21-17-32-33(23(21)16-22(29)24(25)26(30)31)27(18-10-4-1-5-11-18,19-12-6-2-7-13-19)20-14-8-3-9-15-20/h1-17,26H. The fraction of sp³-hybridized carbons (Fsp3) is 0.0741. The molecule has 0 aliphatic heterocycles. The molecule has 0 atom stereocenters. The Morgan fingerprint density at radius 2 is 1.21 bits per heavy atom. The third kappa shape index (κ3) is 3.37. The van der Waals surface area contributed by atoms with Gasteiger partial charge in [0.15, 0.2) is 0 Å². The molecule has 0 N–H and O–H groups in total. The Labute approximate surface area is 197 Å². The highest BCUT2D eigenvalue weighted by molar-refractivity contribution is 9.10. The minimum atomic E-state index is -2.95. The molecule has 33 heavy (non-hydrogen) atoms. The second-order valence-corrected chi connectivity index (χ2v) is 8.48. The Hall–Kier alpha value is -3.38. The van der Waals surface area contributed by atoms with Crippen molar-refractivity contribution >= 4 is 26.8 Å². The summed E-state index contributed by atoms with van der Waals surface area (Å²) in [6.07, 6.45) is -1.44. The topological polar surface area (TPSA) is 17.8 Å². The Kier molecular flexibility index (Phi) is 5.54. The van der Waals surface area contributed by atoms with E-state index in [4.69, 9.17) is 0 Å². The fourth-order valence-corrected chi connectivity index (χ4v) is 5.15. The van der Waals surface area contributed by atoms with Gasteiger partial charge in [-0.1, -0.05) is 91.0 Å². The normalized spacial score (nSPS) is 11.9. The Bertz CT molecular complexity index is 1300. The molecule has 0 bridgehead atoms. The van der Waals surface area contributed by atoms with Gasteiger partial charge in [0, 0.05) is 15.9 Å². The van der Waals surface area contributed by atoms with E-state index in [1.54, 1.807) is 4.68 Å². The molecule has 0 saturated heterocycles. The van der Waals surface area contributed by atoms with Gasteiger partial charge in [0.1, 0.15) is 11.4 Å². The molecular weight excluding hydrogens is 489 g/mol. The molecule has 0 fully saturated rings. The summed E-state index contributed by atoms with van der Waals surface area (Å²) in [5, 5.41) is 5.09. The van der Waals surface area contributed by atoms with Crippen LogP contribution in [-0.2, 0) is 5.54 Å². The number of nitrogens with zero attached hydrogens (tertiary/aromatic N) is 2. The van der Waals surface area contributed by atoms with Crippen LogP contribution < -0.4 is 0 Å². The minimum absolute atomic E-state index is 0.0156. The van der Waals surface area contributed by atoms with Gasteiger partial charge in [0.05, 0.1) is 17.3 Å². The fourth-order valence-electron chi connectivity index (χ4n) is 4.49. The van der Waals surface area contributed by atoms with Gasteiger partial charge < -0.3 is 0 Å². The summed E-state index contributed by atoms with van der Waals surface area (Å²) in [6, 6.07) is 30.5. The summed E-state index contributed by atoms with van der Waals surface area (Å²) in [5.41, 5.74) is 1.49. The minimum Gasteiger partial charge on any atom is -0.245 e. The van der Waals surface area contributed by atoms with Crippen LogP contribution in [0.3, 0.4) is 0 Å². The first-order chi connectivity index (χ1) is 16.0. The van der Waals surface area contributed by atoms with Crippen LogP contribution in [0.1, 0.15) is 28.7 Å². The van der Waals surface area contributed by atoms with E-state index in [-0.39, 0.29) is 4.47 Å². The van der Waals surface area contributed by atoms with Gasteiger partial charge in [-0.2, -0.15) is 5.10 Å². The summed E-state index contributed by atoms with van der Waals surface area (Å²) < 4.78 is 43.8. The highest BCUT2D eigenvalue weighted by Gasteiger charge is 2.40. The van der Waals surface area contributed by atoms with Crippen molar-refractivity contribution in [2.24, 2.45) is 0 Å². The van der Waals surface area contributed by atoms with E-state index in [0.29, 0.717) is 10.9 Å². The average Bonchev–Trinajstić information content (AvgIpc) is 3.26. The number of rotatable bonds is 5. The molecule has 5 aromatic rings. The van der Waals surface area contributed by atoms with Gasteiger partial charge in [0.2, 0.25) is 0 Å². The molecule has 5 rings (SSSR count). The molecule has 0 aliphatic carbocycles. The Morgan fingerprint density at radius 3 is 1.64 bits per heavy atom. The largest absolute Gasteiger partial charge is 0.267 e. The SMILES string of the molecule is Fc1cc2c(cnn2C(c2ccccc2)(c2ccccc2)c2ccccc2)c(Br)c1C(F)F. The zero-order valence-electron chi connectivity index (χ0n) is 17.3. The van der Waals surface area contributed by atoms with Gasteiger partial charge in [0.25, 0.3) is 6.43 Å². The van der Waals surface area contributed by atoms with Gasteiger partial charge in [-0.15, -0.1) is 0 Å². The Balaban J connectivity index is 1.95. The molecule has 0 saturated carbocycles. The lowest BCUT2D eigenvalue weighted by molar-refractivity contribution is 0.145. The van der Waals surface area contributed by atoms with E-state index < -0.39 is 23.3 Å². The van der Waals surface area contributed by atoms with Crippen molar-refractivity contribution in [2.75, 3.05) is 0 Å². The number of fused-ring (bicyclic) bond motifs is 1. The molecule has 0 unspecified atom stereocenters. The first kappa shape index (κ1) is 21.5. The third-order valence-corrected chi connectivity index (χ3v) is 6.77. The maximum absolute atomic E-state index is 14.9. The second kappa shape index (κ2) is 8.52. The number of hydrogen-bond donors (Lipinski definition) is 0. The lowest BCUT2D eigenvalue weighted by Crippen LogP contribution is -2.38. The molecular formula is C27H18BrF3N2. The number of benzene rings is 4. The predicted molar refractivity (Wildman–Crippen MR) is 127 cm³/mol. The van der Waals surface area contributed by atoms with E-state index in [1.807, 2.05) is 91.0 Å². The lowest BCUT2D eigenvalue weighted by Gasteiger charge is -2.37. The van der Waals surface area contributed by atoms with Crippen molar-refractivity contribution in [3.05, 3.63) is 136 Å². The number of hydrogen-bond acceptors (Lipinski definition) is 1. The second-order valence-electron chi connectivity index (χ2n) is 7.68. The van der Waals surface area contributed by atoms with Crippen molar-refractivity contribution in [3.63, 3.8) is 0 Å². The number of alkyl halides is 2. The smallest absolute Gasteiger partial charge is 0.245 e. The van der Waals surface area contributed by atoms with E-state index in [9.17, 15) is 13.2 Å². The van der Waals surface area contributed by atoms with Gasteiger partial charge in [-0.05, 0) is 32.6 Å². The first-order valence-corrected chi connectivity index (χ1v) is 11.1. The molecule has 2 nitrogen and oxygen atoms in total. The number of halogens is 4. The van der Waals surface area contributed by atoms with Gasteiger partial charge in [-0.3, -0.25) is 0 Å². The highest BCUT2D eigenvalue weighted by Crippen LogP contribution is 2.44. The highest BCUT2D eigenvalue weighted by atomic mass is 79.9. The maximum atomic E-state index is 14.9. The number of aromatic nitrogens is 2. The van der Waals surface area contributed by atoms with Crippen molar-refractivity contribution in [3.8, 4) is 0 Å². The molecule has 0 spiro atoms. The van der Waals surface area contributed by atoms with E-state index >= 15 is 0 Å². The maximum Gasteiger partial charge on any atom is 0.267 e. The van der Waals surface area contributed by atoms with E-state index in [1.165, 1.54) is 6.20 Å². The van der Waals surface area contributed by atoms with Crippen molar-refractivity contribution < 1.29 is 13.2 Å². The van der Waals surface area contributed by atoms with Gasteiger partial charge >= 0.3 is 0 Å². The lowest BCUT2D eigenvalue weighted by atomic mass is 9.77. The van der Waals surface area contributed by atoms with Crippen LogP contribution in [0.2, 0.25) is 0 Å². The molecule has 0 amide bonds. The van der Waals surface area contributed by atoms with Crippen LogP contribution in [-0.4, -0.2) is 9.78 Å². The summed E-state index contributed by atoms with van der Waals surface area (Å²) in [6.45, 7) is 0. The van der Waals surface area contributed by atoms with Crippen LogP contribution in [0.4, 0.5) is 13.2 Å². The zero-order chi connectivity index (χ0) is 23.0. The summed E-state index contributed by atoms with van der Waals surface area (Å²) in [7, 11) is 0. The summed E-state index contributed by atoms with van der Waals surface area (Å²) in [5.74, 6) is -0.978.